The Labute approximate surface area is 464 Å². The fourth-order valence-corrected chi connectivity index (χ4v) is 10.4. The summed E-state index contributed by atoms with van der Waals surface area (Å²) >= 11 is 0. The van der Waals surface area contributed by atoms with Gasteiger partial charge in [-0.1, -0.05) is 344 Å². The van der Waals surface area contributed by atoms with E-state index < -0.39 is 12.1 Å². The first-order chi connectivity index (χ1) is 36.7. The molecule has 3 N–H and O–H groups in total. The van der Waals surface area contributed by atoms with Crippen LogP contribution in [0.5, 0.6) is 0 Å². The highest BCUT2D eigenvalue weighted by Gasteiger charge is 2.18. The third kappa shape index (κ3) is 60.9. The van der Waals surface area contributed by atoms with Crippen LogP contribution in [0.2, 0.25) is 0 Å². The summed E-state index contributed by atoms with van der Waals surface area (Å²) in [4.78, 5) is 12.5. The highest BCUT2D eigenvalue weighted by atomic mass is 16.3. The summed E-state index contributed by atoms with van der Waals surface area (Å²) in [6.07, 6.45) is 93.0. The summed E-state index contributed by atoms with van der Waals surface area (Å²) in [7, 11) is 0. The largest absolute Gasteiger partial charge is 0.394 e. The number of amides is 1. The van der Waals surface area contributed by atoms with Gasteiger partial charge in [-0.05, 0) is 70.6 Å². The molecule has 1 amide bonds. The van der Waals surface area contributed by atoms with E-state index in [-0.39, 0.29) is 12.5 Å². The highest BCUT2D eigenvalue weighted by molar-refractivity contribution is 5.76. The molecule has 0 saturated carbocycles. The molecule has 0 aliphatic heterocycles. The van der Waals surface area contributed by atoms with Gasteiger partial charge in [-0.3, -0.25) is 4.79 Å². The van der Waals surface area contributed by atoms with Gasteiger partial charge in [-0.25, -0.2) is 0 Å². The lowest BCUT2D eigenvalue weighted by Crippen LogP contribution is -2.45. The van der Waals surface area contributed by atoms with Crippen LogP contribution in [0.1, 0.15) is 361 Å². The van der Waals surface area contributed by atoms with E-state index in [9.17, 15) is 15.0 Å². The lowest BCUT2D eigenvalue weighted by atomic mass is 10.0. The van der Waals surface area contributed by atoms with Crippen LogP contribution >= 0.6 is 0 Å². The number of nitrogens with one attached hydrogen (secondary N) is 1. The number of aliphatic hydroxyl groups is 2. The second kappa shape index (κ2) is 65.4. The van der Waals surface area contributed by atoms with E-state index >= 15 is 0 Å². The summed E-state index contributed by atoms with van der Waals surface area (Å²) in [6.45, 7) is 4.32. The van der Waals surface area contributed by atoms with E-state index in [2.05, 4.69) is 67.8 Å². The predicted octanol–water partition coefficient (Wildman–Crippen LogP) is 22.7. The van der Waals surface area contributed by atoms with Gasteiger partial charge in [-0.2, -0.15) is 0 Å². The van der Waals surface area contributed by atoms with Crippen molar-refractivity contribution in [3.05, 3.63) is 60.8 Å². The standard InChI is InChI=1S/C70H131NO3/c1-3-5-7-9-11-13-15-17-19-21-23-25-27-28-29-30-31-32-33-34-35-36-37-38-39-40-41-42-44-46-48-50-52-54-56-58-60-62-64-66-70(74)71-68(67-72)69(73)65-63-61-59-57-55-53-51-49-47-45-43-26-24-22-20-18-16-14-12-10-8-6-4-2/h15,17,21,23,27-28,55,57,63,65,68-69,72-73H,3-14,16,18-20,22,24-26,29-54,56,58-62,64,66-67H2,1-2H3,(H,71,74)/b17-15-,23-21-,28-27-,57-55+,65-63+. The summed E-state index contributed by atoms with van der Waals surface area (Å²) < 4.78 is 0. The lowest BCUT2D eigenvalue weighted by molar-refractivity contribution is -0.123. The van der Waals surface area contributed by atoms with E-state index in [4.69, 9.17) is 0 Å². The molecule has 0 aromatic heterocycles. The first kappa shape index (κ1) is 72.1. The molecule has 2 atom stereocenters. The van der Waals surface area contributed by atoms with Crippen molar-refractivity contribution in [2.24, 2.45) is 0 Å². The number of allylic oxidation sites excluding steroid dienone is 9. The molecule has 0 heterocycles. The summed E-state index contributed by atoms with van der Waals surface area (Å²) in [6, 6.07) is -0.640. The van der Waals surface area contributed by atoms with Crippen LogP contribution < -0.4 is 5.32 Å². The molecule has 0 aliphatic carbocycles. The van der Waals surface area contributed by atoms with E-state index in [0.29, 0.717) is 6.42 Å². The quantitative estimate of drug-likeness (QED) is 0.0420. The summed E-state index contributed by atoms with van der Waals surface area (Å²) in [5.74, 6) is -0.0676. The lowest BCUT2D eigenvalue weighted by Gasteiger charge is -2.19. The van der Waals surface area contributed by atoms with E-state index in [0.717, 1.165) is 44.9 Å². The van der Waals surface area contributed by atoms with Crippen molar-refractivity contribution in [1.82, 2.24) is 5.32 Å². The van der Waals surface area contributed by atoms with E-state index in [1.165, 1.54) is 295 Å². The van der Waals surface area contributed by atoms with Crippen molar-refractivity contribution in [1.29, 1.82) is 0 Å². The molecule has 0 aromatic carbocycles. The van der Waals surface area contributed by atoms with Crippen molar-refractivity contribution >= 4 is 5.91 Å². The number of unbranched alkanes of at least 4 members (excludes halogenated alkanes) is 47. The topological polar surface area (TPSA) is 69.6 Å². The highest BCUT2D eigenvalue weighted by Crippen LogP contribution is 2.18. The molecule has 0 spiro atoms. The fraction of sp³-hybridized carbons (Fsp3) is 0.843. The van der Waals surface area contributed by atoms with Crippen LogP contribution in [0.3, 0.4) is 0 Å². The van der Waals surface area contributed by atoms with Gasteiger partial charge >= 0.3 is 0 Å². The average Bonchev–Trinajstić information content (AvgIpc) is 3.40. The van der Waals surface area contributed by atoms with Crippen molar-refractivity contribution < 1.29 is 15.0 Å². The Morgan fingerprint density at radius 3 is 0.878 bits per heavy atom. The van der Waals surface area contributed by atoms with E-state index in [1.54, 1.807) is 6.08 Å². The first-order valence-corrected chi connectivity index (χ1v) is 33.5. The second-order valence-corrected chi connectivity index (χ2v) is 22.9. The van der Waals surface area contributed by atoms with Crippen LogP contribution in [0.25, 0.3) is 0 Å². The first-order valence-electron chi connectivity index (χ1n) is 33.5. The molecule has 0 fully saturated rings. The maximum Gasteiger partial charge on any atom is 0.220 e. The van der Waals surface area contributed by atoms with Gasteiger partial charge in [0.05, 0.1) is 18.8 Å². The number of rotatable bonds is 62. The molecule has 434 valence electrons. The van der Waals surface area contributed by atoms with Crippen LogP contribution in [0.15, 0.2) is 60.8 Å². The molecular weight excluding hydrogens is 903 g/mol. The van der Waals surface area contributed by atoms with Crippen LogP contribution in [0, 0.1) is 0 Å². The number of aliphatic hydroxyl groups excluding tert-OH is 2. The van der Waals surface area contributed by atoms with Gasteiger partial charge in [-0.15, -0.1) is 0 Å². The third-order valence-electron chi connectivity index (χ3n) is 15.5. The molecule has 0 radical (unpaired) electrons. The Kier molecular flexibility index (Phi) is 63.7. The fourth-order valence-electron chi connectivity index (χ4n) is 10.4. The van der Waals surface area contributed by atoms with Gasteiger partial charge < -0.3 is 15.5 Å². The Hall–Kier alpha value is -1.91. The molecule has 74 heavy (non-hydrogen) atoms. The Balaban J connectivity index is 3.44. The van der Waals surface area contributed by atoms with Crippen LogP contribution in [-0.2, 0) is 4.79 Å². The maximum absolute atomic E-state index is 12.5. The van der Waals surface area contributed by atoms with Gasteiger partial charge in [0.25, 0.3) is 0 Å². The molecule has 2 unspecified atom stereocenters. The SMILES string of the molecule is CCCCCCC/C=C\C/C=C\C/C=C\CCCCCCCCCCCCCCCCCCCCCCCCCCC(=O)NC(CO)C(O)/C=C/CC/C=C/CCCCCCCCCCCCCCCCCCC. The van der Waals surface area contributed by atoms with Crippen LogP contribution in [-0.4, -0.2) is 34.9 Å². The molecule has 0 aromatic rings. The monoisotopic (exact) mass is 1030 g/mol. The summed E-state index contributed by atoms with van der Waals surface area (Å²) in [5.41, 5.74) is 0. The molecule has 0 bridgehead atoms. The number of hydrogen-bond donors (Lipinski definition) is 3. The van der Waals surface area contributed by atoms with Gasteiger partial charge in [0, 0.05) is 6.42 Å². The average molecular weight is 1030 g/mol. The normalized spacial score (nSPS) is 13.1. The minimum Gasteiger partial charge on any atom is -0.394 e. The van der Waals surface area contributed by atoms with Crippen molar-refractivity contribution in [2.75, 3.05) is 6.61 Å². The molecule has 4 nitrogen and oxygen atoms in total. The molecule has 0 saturated heterocycles. The molecule has 0 rings (SSSR count). The zero-order valence-electron chi connectivity index (χ0n) is 50.1. The van der Waals surface area contributed by atoms with Gasteiger partial charge in [0.2, 0.25) is 5.91 Å². The van der Waals surface area contributed by atoms with Crippen molar-refractivity contribution in [3.63, 3.8) is 0 Å². The van der Waals surface area contributed by atoms with Crippen molar-refractivity contribution in [3.8, 4) is 0 Å². The number of hydrogen-bond acceptors (Lipinski definition) is 3. The molecule has 0 aliphatic rings. The van der Waals surface area contributed by atoms with Gasteiger partial charge in [0.1, 0.15) is 0 Å². The minimum atomic E-state index is -0.863. The number of carbonyl (C=O) groups is 1. The zero-order chi connectivity index (χ0) is 53.4. The number of carbonyl (C=O) groups excluding carboxylic acids is 1. The predicted molar refractivity (Wildman–Crippen MR) is 331 cm³/mol. The van der Waals surface area contributed by atoms with Gasteiger partial charge in [0.15, 0.2) is 0 Å². The Bertz CT molecular complexity index is 1220. The maximum atomic E-state index is 12.5. The molecular formula is C70H131NO3. The third-order valence-corrected chi connectivity index (χ3v) is 15.5. The van der Waals surface area contributed by atoms with E-state index in [1.807, 2.05) is 6.08 Å². The smallest absolute Gasteiger partial charge is 0.220 e. The minimum absolute atomic E-state index is 0.0676. The van der Waals surface area contributed by atoms with Crippen molar-refractivity contribution in [2.45, 2.75) is 373 Å². The Morgan fingerprint density at radius 1 is 0.324 bits per heavy atom. The van der Waals surface area contributed by atoms with Crippen LogP contribution in [0.4, 0.5) is 0 Å². The molecule has 4 heteroatoms. The Morgan fingerprint density at radius 2 is 0.568 bits per heavy atom. The zero-order valence-corrected chi connectivity index (χ0v) is 50.1. The summed E-state index contributed by atoms with van der Waals surface area (Å²) in [5, 5.41) is 23.2. The second-order valence-electron chi connectivity index (χ2n) is 22.9.